The van der Waals surface area contributed by atoms with Crippen molar-refractivity contribution in [1.29, 1.82) is 0 Å². The molecule has 2 saturated heterocycles. The Bertz CT molecular complexity index is 465. The van der Waals surface area contributed by atoms with Gasteiger partial charge in [0.15, 0.2) is 0 Å². The first-order valence-corrected chi connectivity index (χ1v) is 7.17. The van der Waals surface area contributed by atoms with E-state index >= 15 is 0 Å². The van der Waals surface area contributed by atoms with Crippen molar-refractivity contribution < 1.29 is 4.74 Å². The zero-order chi connectivity index (χ0) is 13.4. The quantitative estimate of drug-likeness (QED) is 0.901. The molecular weight excluding hydrogens is 240 g/mol. The van der Waals surface area contributed by atoms with Crippen molar-refractivity contribution in [3.8, 4) is 0 Å². The summed E-state index contributed by atoms with van der Waals surface area (Å²) in [7, 11) is 0. The Morgan fingerprint density at radius 3 is 2.53 bits per heavy atom. The van der Waals surface area contributed by atoms with Crippen LogP contribution in [-0.2, 0) is 4.74 Å². The van der Waals surface area contributed by atoms with E-state index in [4.69, 9.17) is 4.74 Å². The molecule has 0 saturated carbocycles. The van der Waals surface area contributed by atoms with Crippen LogP contribution in [0.4, 0.5) is 11.6 Å². The van der Waals surface area contributed by atoms with E-state index in [0.717, 1.165) is 42.7 Å². The summed E-state index contributed by atoms with van der Waals surface area (Å²) >= 11 is 0. The van der Waals surface area contributed by atoms with Crippen LogP contribution in [0.5, 0.6) is 0 Å². The number of anilines is 2. The molecule has 0 amide bonds. The van der Waals surface area contributed by atoms with Crippen molar-refractivity contribution in [3.05, 3.63) is 11.4 Å². The van der Waals surface area contributed by atoms with Gasteiger partial charge in [-0.15, -0.1) is 0 Å². The predicted molar refractivity (Wildman–Crippen MR) is 75.8 cm³/mol. The molecule has 19 heavy (non-hydrogen) atoms. The molecule has 3 heterocycles. The van der Waals surface area contributed by atoms with E-state index in [1.807, 2.05) is 6.92 Å². The monoisotopic (exact) mass is 262 g/mol. The number of nitrogens with zero attached hydrogens (tertiary/aromatic N) is 3. The third kappa shape index (κ3) is 2.39. The highest BCUT2D eigenvalue weighted by molar-refractivity contribution is 5.59. The fourth-order valence-corrected chi connectivity index (χ4v) is 3.05. The molecule has 2 fully saturated rings. The van der Waals surface area contributed by atoms with Gasteiger partial charge >= 0.3 is 0 Å². The molecule has 5 heteroatoms. The van der Waals surface area contributed by atoms with Crippen molar-refractivity contribution in [2.24, 2.45) is 0 Å². The van der Waals surface area contributed by atoms with Crippen LogP contribution < -0.4 is 10.2 Å². The lowest BCUT2D eigenvalue weighted by Crippen LogP contribution is -2.43. The molecule has 0 aromatic carbocycles. The second-order valence-corrected chi connectivity index (χ2v) is 5.46. The van der Waals surface area contributed by atoms with Crippen LogP contribution in [-0.4, -0.2) is 41.8 Å². The van der Waals surface area contributed by atoms with Crippen molar-refractivity contribution in [2.75, 3.05) is 29.9 Å². The van der Waals surface area contributed by atoms with Crippen molar-refractivity contribution >= 4 is 11.6 Å². The van der Waals surface area contributed by atoms with Gasteiger partial charge in [-0.3, -0.25) is 0 Å². The third-order valence-corrected chi connectivity index (χ3v) is 3.92. The van der Waals surface area contributed by atoms with Gasteiger partial charge in [0.2, 0.25) is 0 Å². The van der Waals surface area contributed by atoms with E-state index in [1.165, 1.54) is 12.8 Å². The summed E-state index contributed by atoms with van der Waals surface area (Å²) in [5, 5.41) is 3.33. The Morgan fingerprint density at radius 2 is 1.89 bits per heavy atom. The Hall–Kier alpha value is -1.36. The molecule has 0 spiro atoms. The summed E-state index contributed by atoms with van der Waals surface area (Å²) in [6, 6.07) is 0. The molecule has 104 valence electrons. The Morgan fingerprint density at radius 1 is 1.21 bits per heavy atom. The maximum Gasteiger partial charge on any atom is 0.137 e. The fourth-order valence-electron chi connectivity index (χ4n) is 3.05. The highest BCUT2D eigenvalue weighted by atomic mass is 16.5. The summed E-state index contributed by atoms with van der Waals surface area (Å²) in [5.41, 5.74) is 1.15. The average Bonchev–Trinajstić information content (AvgIpc) is 2.72. The summed E-state index contributed by atoms with van der Waals surface area (Å²) in [5.74, 6) is 2.86. The van der Waals surface area contributed by atoms with Crippen LogP contribution in [0.2, 0.25) is 0 Å². The van der Waals surface area contributed by atoms with Gasteiger partial charge in [0.25, 0.3) is 0 Å². The molecule has 2 atom stereocenters. The summed E-state index contributed by atoms with van der Waals surface area (Å²) in [6.07, 6.45) is 3.14. The minimum Gasteiger partial charge on any atom is -0.371 e. The third-order valence-electron chi connectivity index (χ3n) is 3.92. The van der Waals surface area contributed by atoms with Gasteiger partial charge in [0, 0.05) is 25.2 Å². The van der Waals surface area contributed by atoms with Crippen LogP contribution >= 0.6 is 0 Å². The van der Waals surface area contributed by atoms with Crippen LogP contribution in [0.1, 0.15) is 31.2 Å². The van der Waals surface area contributed by atoms with E-state index in [2.05, 4.69) is 34.0 Å². The molecule has 1 N–H and O–H groups in total. The smallest absolute Gasteiger partial charge is 0.137 e. The summed E-state index contributed by atoms with van der Waals surface area (Å²) in [6.45, 7) is 8.94. The first kappa shape index (κ1) is 12.7. The minimum atomic E-state index is 0.385. The van der Waals surface area contributed by atoms with Crippen LogP contribution in [0.25, 0.3) is 0 Å². The van der Waals surface area contributed by atoms with Gasteiger partial charge < -0.3 is 15.0 Å². The van der Waals surface area contributed by atoms with Crippen LogP contribution in [0.15, 0.2) is 0 Å². The standard InChI is InChI=1S/C14H22N4O/c1-4-15-13-9(2)14(17-10(3)16-13)18-7-11-5-6-12(8-18)19-11/h11-12H,4-8H2,1-3H3,(H,15,16,17). The van der Waals surface area contributed by atoms with Crippen LogP contribution in [0.3, 0.4) is 0 Å². The summed E-state index contributed by atoms with van der Waals surface area (Å²) in [4.78, 5) is 11.5. The zero-order valence-electron chi connectivity index (χ0n) is 11.9. The normalized spacial score (nSPS) is 25.7. The second-order valence-electron chi connectivity index (χ2n) is 5.46. The van der Waals surface area contributed by atoms with Crippen molar-refractivity contribution in [1.82, 2.24) is 9.97 Å². The zero-order valence-corrected chi connectivity index (χ0v) is 11.9. The number of rotatable bonds is 3. The molecule has 2 aliphatic heterocycles. The highest BCUT2D eigenvalue weighted by Crippen LogP contribution is 2.31. The van der Waals surface area contributed by atoms with Gasteiger partial charge in [0.05, 0.1) is 12.2 Å². The number of aromatic nitrogens is 2. The highest BCUT2D eigenvalue weighted by Gasteiger charge is 2.35. The Labute approximate surface area is 114 Å². The maximum absolute atomic E-state index is 5.90. The lowest BCUT2D eigenvalue weighted by molar-refractivity contribution is 0.0302. The first-order valence-electron chi connectivity index (χ1n) is 7.17. The maximum atomic E-state index is 5.90. The largest absolute Gasteiger partial charge is 0.371 e. The summed E-state index contributed by atoms with van der Waals surface area (Å²) < 4.78 is 5.90. The number of ether oxygens (including phenoxy) is 1. The van der Waals surface area contributed by atoms with Gasteiger partial charge in [-0.1, -0.05) is 0 Å². The number of aryl methyl sites for hydroxylation is 1. The molecule has 0 radical (unpaired) electrons. The number of fused-ring (bicyclic) bond motifs is 2. The molecule has 5 nitrogen and oxygen atoms in total. The first-order chi connectivity index (χ1) is 9.17. The predicted octanol–water partition coefficient (Wildman–Crippen LogP) is 1.89. The molecule has 2 unspecified atom stereocenters. The van der Waals surface area contributed by atoms with Gasteiger partial charge in [-0.05, 0) is 33.6 Å². The molecule has 1 aromatic rings. The fraction of sp³-hybridized carbons (Fsp3) is 0.714. The molecule has 2 bridgehead atoms. The van der Waals surface area contributed by atoms with Crippen molar-refractivity contribution in [2.45, 2.75) is 45.8 Å². The number of hydrogen-bond donors (Lipinski definition) is 1. The van der Waals surface area contributed by atoms with E-state index in [0.29, 0.717) is 12.2 Å². The topological polar surface area (TPSA) is 50.3 Å². The van der Waals surface area contributed by atoms with E-state index < -0.39 is 0 Å². The van der Waals surface area contributed by atoms with Crippen LogP contribution in [0, 0.1) is 13.8 Å². The van der Waals surface area contributed by atoms with E-state index in [1.54, 1.807) is 0 Å². The lowest BCUT2D eigenvalue weighted by atomic mass is 10.2. The Kier molecular flexibility index (Phi) is 3.31. The van der Waals surface area contributed by atoms with Crippen molar-refractivity contribution in [3.63, 3.8) is 0 Å². The van der Waals surface area contributed by atoms with E-state index in [9.17, 15) is 0 Å². The molecular formula is C14H22N4O. The SMILES string of the molecule is CCNc1nc(C)nc(N2CC3CCC(C2)O3)c1C. The van der Waals surface area contributed by atoms with Gasteiger partial charge in [-0.2, -0.15) is 0 Å². The number of morpholine rings is 1. The molecule has 3 rings (SSSR count). The van der Waals surface area contributed by atoms with Gasteiger partial charge in [0.1, 0.15) is 17.5 Å². The minimum absolute atomic E-state index is 0.385. The Balaban J connectivity index is 1.91. The molecule has 0 aliphatic carbocycles. The van der Waals surface area contributed by atoms with Gasteiger partial charge in [-0.25, -0.2) is 9.97 Å². The lowest BCUT2D eigenvalue weighted by Gasteiger charge is -2.34. The van der Waals surface area contributed by atoms with E-state index in [-0.39, 0.29) is 0 Å². The average molecular weight is 262 g/mol. The number of nitrogens with one attached hydrogen (secondary N) is 1. The second kappa shape index (κ2) is 4.96. The number of hydrogen-bond acceptors (Lipinski definition) is 5. The molecule has 2 aliphatic rings. The molecule has 1 aromatic heterocycles.